The zero-order valence-electron chi connectivity index (χ0n) is 14.8. The van der Waals surface area contributed by atoms with Crippen molar-refractivity contribution in [3.8, 4) is 5.75 Å². The molecule has 26 heavy (non-hydrogen) atoms. The van der Waals surface area contributed by atoms with Crippen molar-refractivity contribution in [2.75, 3.05) is 26.0 Å². The summed E-state index contributed by atoms with van der Waals surface area (Å²) in [5, 5.41) is 2.67. The molecule has 0 saturated heterocycles. The van der Waals surface area contributed by atoms with Gasteiger partial charge in [-0.3, -0.25) is 4.79 Å². The van der Waals surface area contributed by atoms with E-state index >= 15 is 0 Å². The van der Waals surface area contributed by atoms with Crippen molar-refractivity contribution in [3.05, 3.63) is 52.5 Å². The van der Waals surface area contributed by atoms with E-state index in [0.29, 0.717) is 11.4 Å². The topological polar surface area (TPSA) is 75.7 Å². The standard InChI is InChI=1S/C18H21BrN2O4S/c1-4-13-5-10-17(16(19)11-13)25-12-18(22)20-14-6-8-15(9-7-14)26(23,24)21(2)3/h5-11H,4,12H2,1-3H3,(H,20,22). The van der Waals surface area contributed by atoms with Gasteiger partial charge in [0, 0.05) is 19.8 Å². The molecule has 1 amide bonds. The second-order valence-corrected chi connectivity index (χ2v) is 8.77. The first-order valence-corrected chi connectivity index (χ1v) is 10.2. The lowest BCUT2D eigenvalue weighted by molar-refractivity contribution is -0.118. The van der Waals surface area contributed by atoms with Gasteiger partial charge in [-0.1, -0.05) is 13.0 Å². The molecule has 0 aromatic heterocycles. The molecular weight excluding hydrogens is 420 g/mol. The Labute approximate surface area is 162 Å². The maximum Gasteiger partial charge on any atom is 0.262 e. The molecule has 2 aromatic rings. The van der Waals surface area contributed by atoms with Crippen LogP contribution in [0.2, 0.25) is 0 Å². The van der Waals surface area contributed by atoms with Crippen LogP contribution in [0.25, 0.3) is 0 Å². The zero-order chi connectivity index (χ0) is 19.3. The third-order valence-corrected chi connectivity index (χ3v) is 6.13. The Kier molecular flexibility index (Phi) is 6.80. The molecule has 1 N–H and O–H groups in total. The van der Waals surface area contributed by atoms with Gasteiger partial charge in [-0.15, -0.1) is 0 Å². The number of halogens is 1. The molecule has 2 rings (SSSR count). The van der Waals surface area contributed by atoms with Crippen LogP contribution in [0.4, 0.5) is 5.69 Å². The predicted molar refractivity (Wildman–Crippen MR) is 105 cm³/mol. The van der Waals surface area contributed by atoms with Crippen molar-refractivity contribution >= 4 is 37.5 Å². The van der Waals surface area contributed by atoms with Gasteiger partial charge in [0.1, 0.15) is 5.75 Å². The van der Waals surface area contributed by atoms with Crippen LogP contribution in [0.3, 0.4) is 0 Å². The molecule has 0 spiro atoms. The van der Waals surface area contributed by atoms with Crippen molar-refractivity contribution in [1.82, 2.24) is 4.31 Å². The normalized spacial score (nSPS) is 11.4. The lowest BCUT2D eigenvalue weighted by atomic mass is 10.2. The molecule has 0 aliphatic rings. The van der Waals surface area contributed by atoms with E-state index in [0.717, 1.165) is 15.2 Å². The summed E-state index contributed by atoms with van der Waals surface area (Å²) in [4.78, 5) is 12.2. The minimum atomic E-state index is -3.49. The van der Waals surface area contributed by atoms with E-state index in [1.54, 1.807) is 12.1 Å². The van der Waals surface area contributed by atoms with E-state index in [9.17, 15) is 13.2 Å². The fourth-order valence-corrected chi connectivity index (χ4v) is 3.59. The van der Waals surface area contributed by atoms with Crippen molar-refractivity contribution in [2.45, 2.75) is 18.2 Å². The van der Waals surface area contributed by atoms with Crippen LogP contribution in [-0.2, 0) is 21.2 Å². The first kappa shape index (κ1) is 20.4. The number of sulfonamides is 1. The van der Waals surface area contributed by atoms with E-state index in [-0.39, 0.29) is 17.4 Å². The number of carbonyl (C=O) groups excluding carboxylic acids is 1. The Hall–Kier alpha value is -1.90. The fourth-order valence-electron chi connectivity index (χ4n) is 2.14. The molecule has 0 aliphatic heterocycles. The number of nitrogens with zero attached hydrogens (tertiary/aromatic N) is 1. The van der Waals surface area contributed by atoms with E-state index in [2.05, 4.69) is 28.2 Å². The molecule has 0 radical (unpaired) electrons. The monoisotopic (exact) mass is 440 g/mol. The number of ether oxygens (including phenoxy) is 1. The van der Waals surface area contributed by atoms with E-state index in [4.69, 9.17) is 4.74 Å². The molecule has 0 heterocycles. The van der Waals surface area contributed by atoms with Gasteiger partial charge in [0.15, 0.2) is 6.61 Å². The molecule has 8 heteroatoms. The van der Waals surface area contributed by atoms with Gasteiger partial charge in [-0.2, -0.15) is 0 Å². The highest BCUT2D eigenvalue weighted by atomic mass is 79.9. The number of rotatable bonds is 7. The lowest BCUT2D eigenvalue weighted by Crippen LogP contribution is -2.22. The minimum absolute atomic E-state index is 0.151. The van der Waals surface area contributed by atoms with Crippen LogP contribution in [0, 0.1) is 0 Å². The van der Waals surface area contributed by atoms with E-state index < -0.39 is 10.0 Å². The Bertz CT molecular complexity index is 881. The van der Waals surface area contributed by atoms with Crippen molar-refractivity contribution in [2.24, 2.45) is 0 Å². The van der Waals surface area contributed by atoms with Crippen LogP contribution in [0.15, 0.2) is 51.8 Å². The van der Waals surface area contributed by atoms with E-state index in [1.165, 1.54) is 31.8 Å². The van der Waals surface area contributed by atoms with Crippen molar-refractivity contribution in [3.63, 3.8) is 0 Å². The third kappa shape index (κ3) is 5.06. The highest BCUT2D eigenvalue weighted by Crippen LogP contribution is 2.26. The Morgan fingerprint density at radius 3 is 2.35 bits per heavy atom. The van der Waals surface area contributed by atoms with Gasteiger partial charge in [0.2, 0.25) is 10.0 Å². The number of anilines is 1. The van der Waals surface area contributed by atoms with Gasteiger partial charge < -0.3 is 10.1 Å². The number of aryl methyl sites for hydroxylation is 1. The largest absolute Gasteiger partial charge is 0.483 e. The first-order chi connectivity index (χ1) is 12.2. The molecule has 0 atom stereocenters. The van der Waals surface area contributed by atoms with Crippen LogP contribution >= 0.6 is 15.9 Å². The first-order valence-electron chi connectivity index (χ1n) is 7.97. The average Bonchev–Trinajstić information content (AvgIpc) is 2.61. The maximum atomic E-state index is 12.0. The second kappa shape index (κ2) is 8.66. The number of amides is 1. The number of hydrogen-bond acceptors (Lipinski definition) is 4. The molecule has 0 aliphatic carbocycles. The number of hydrogen-bond donors (Lipinski definition) is 1. The van der Waals surface area contributed by atoms with Gasteiger partial charge in [-0.25, -0.2) is 12.7 Å². The lowest BCUT2D eigenvalue weighted by Gasteiger charge is -2.12. The summed E-state index contributed by atoms with van der Waals surface area (Å²) < 4.78 is 31.5. The summed E-state index contributed by atoms with van der Waals surface area (Å²) in [5.74, 6) is 0.254. The van der Waals surface area contributed by atoms with Crippen molar-refractivity contribution in [1.29, 1.82) is 0 Å². The van der Waals surface area contributed by atoms with Crippen LogP contribution in [-0.4, -0.2) is 39.3 Å². The third-order valence-electron chi connectivity index (χ3n) is 3.68. The SMILES string of the molecule is CCc1ccc(OCC(=O)Nc2ccc(S(=O)(=O)N(C)C)cc2)c(Br)c1. The molecule has 6 nitrogen and oxygen atoms in total. The number of carbonyl (C=O) groups is 1. The predicted octanol–water partition coefficient (Wildman–Crippen LogP) is 3.28. The maximum absolute atomic E-state index is 12.0. The molecule has 140 valence electrons. The van der Waals surface area contributed by atoms with E-state index in [1.807, 2.05) is 18.2 Å². The number of benzene rings is 2. The fraction of sp³-hybridized carbons (Fsp3) is 0.278. The minimum Gasteiger partial charge on any atom is -0.483 e. The Morgan fingerprint density at radius 1 is 1.15 bits per heavy atom. The van der Waals surface area contributed by atoms with Crippen LogP contribution in [0.5, 0.6) is 5.75 Å². The van der Waals surface area contributed by atoms with Crippen LogP contribution in [0.1, 0.15) is 12.5 Å². The average molecular weight is 441 g/mol. The molecular formula is C18H21BrN2O4S. The molecule has 0 saturated carbocycles. The molecule has 2 aromatic carbocycles. The summed E-state index contributed by atoms with van der Waals surface area (Å²) >= 11 is 3.43. The summed E-state index contributed by atoms with van der Waals surface area (Å²) in [6, 6.07) is 11.7. The Morgan fingerprint density at radius 2 is 1.81 bits per heavy atom. The summed E-state index contributed by atoms with van der Waals surface area (Å²) in [5.41, 5.74) is 1.66. The highest BCUT2D eigenvalue weighted by Gasteiger charge is 2.16. The quantitative estimate of drug-likeness (QED) is 0.716. The van der Waals surface area contributed by atoms with Gasteiger partial charge in [-0.05, 0) is 64.3 Å². The summed E-state index contributed by atoms with van der Waals surface area (Å²) in [6.45, 7) is 1.91. The molecule has 0 unspecified atom stereocenters. The van der Waals surface area contributed by atoms with Crippen molar-refractivity contribution < 1.29 is 17.9 Å². The summed E-state index contributed by atoms with van der Waals surface area (Å²) in [7, 11) is -0.557. The number of nitrogens with one attached hydrogen (secondary N) is 1. The van der Waals surface area contributed by atoms with Crippen LogP contribution < -0.4 is 10.1 Å². The molecule has 0 fully saturated rings. The second-order valence-electron chi connectivity index (χ2n) is 5.77. The van der Waals surface area contributed by atoms with Gasteiger partial charge in [0.05, 0.1) is 9.37 Å². The zero-order valence-corrected chi connectivity index (χ0v) is 17.2. The highest BCUT2D eigenvalue weighted by molar-refractivity contribution is 9.10. The summed E-state index contributed by atoms with van der Waals surface area (Å²) in [6.07, 6.45) is 0.916. The smallest absolute Gasteiger partial charge is 0.262 e. The Balaban J connectivity index is 1.96. The molecule has 0 bridgehead atoms. The van der Waals surface area contributed by atoms with Gasteiger partial charge >= 0.3 is 0 Å². The van der Waals surface area contributed by atoms with Gasteiger partial charge in [0.25, 0.3) is 5.91 Å².